The Kier molecular flexibility index (Phi) is 7.00. The zero-order valence-electron chi connectivity index (χ0n) is 16.0. The van der Waals surface area contributed by atoms with E-state index in [1.165, 1.54) is 11.3 Å². The summed E-state index contributed by atoms with van der Waals surface area (Å²) in [4.78, 5) is 27.8. The summed E-state index contributed by atoms with van der Waals surface area (Å²) in [7, 11) is 0. The van der Waals surface area contributed by atoms with Crippen molar-refractivity contribution in [1.29, 1.82) is 0 Å². The summed E-state index contributed by atoms with van der Waals surface area (Å²) in [6, 6.07) is 7.19. The molecule has 0 aliphatic carbocycles. The Bertz CT molecular complexity index is 571. The number of benzene rings is 1. The molecule has 2 amide bonds. The highest BCUT2D eigenvalue weighted by atomic mass is 16.2. The van der Waals surface area contributed by atoms with E-state index < -0.39 is 0 Å². The van der Waals surface area contributed by atoms with Crippen LogP contribution >= 0.6 is 0 Å². The number of piperidine rings is 1. The topological polar surface area (TPSA) is 53.9 Å². The molecule has 1 aliphatic heterocycles. The van der Waals surface area contributed by atoms with Crippen LogP contribution in [0.25, 0.3) is 0 Å². The summed E-state index contributed by atoms with van der Waals surface area (Å²) < 4.78 is 0. The lowest BCUT2D eigenvalue weighted by Gasteiger charge is -2.31. The molecule has 2 rings (SSSR count). The number of carbonyl (C=O) groups is 2. The highest BCUT2D eigenvalue weighted by Gasteiger charge is 2.26. The van der Waals surface area contributed by atoms with E-state index in [2.05, 4.69) is 19.2 Å². The Morgan fingerprint density at radius 2 is 1.64 bits per heavy atom. The minimum Gasteiger partial charge on any atom is -0.339 e. The van der Waals surface area contributed by atoms with E-state index in [9.17, 15) is 9.59 Å². The predicted molar refractivity (Wildman–Crippen MR) is 101 cm³/mol. The van der Waals surface area contributed by atoms with Crippen molar-refractivity contribution in [2.24, 2.45) is 11.8 Å². The number of amides is 2. The number of anilines is 1. The van der Waals surface area contributed by atoms with Crippen molar-refractivity contribution >= 4 is 17.5 Å². The molecule has 25 heavy (non-hydrogen) atoms. The molecule has 1 saturated heterocycles. The van der Waals surface area contributed by atoms with Gasteiger partial charge in [0.05, 0.1) is 13.1 Å². The number of quaternary nitrogens is 1. The first-order chi connectivity index (χ1) is 11.9. The van der Waals surface area contributed by atoms with Crippen molar-refractivity contribution in [3.05, 3.63) is 29.8 Å². The monoisotopic (exact) mass is 346 g/mol. The highest BCUT2D eigenvalue weighted by Crippen LogP contribution is 2.13. The largest absolute Gasteiger partial charge is 0.339 e. The molecule has 0 radical (unpaired) electrons. The molecule has 0 saturated carbocycles. The molecule has 0 aromatic heterocycles. The second kappa shape index (κ2) is 8.99. The molecule has 2 N–H and O–H groups in total. The van der Waals surface area contributed by atoms with E-state index in [0.29, 0.717) is 37.0 Å². The quantitative estimate of drug-likeness (QED) is 0.823. The summed E-state index contributed by atoms with van der Waals surface area (Å²) in [5.74, 6) is 1.43. The molecule has 0 spiro atoms. The van der Waals surface area contributed by atoms with Gasteiger partial charge in [-0.3, -0.25) is 9.59 Å². The number of hydrogen-bond acceptors (Lipinski definition) is 2. The Morgan fingerprint density at radius 1 is 1.08 bits per heavy atom. The van der Waals surface area contributed by atoms with Crippen LogP contribution in [0.1, 0.15) is 44.5 Å². The van der Waals surface area contributed by atoms with Gasteiger partial charge in [0.2, 0.25) is 0 Å². The number of carbonyl (C=O) groups excluding carboxylic acids is 2. The molecule has 1 aromatic carbocycles. The van der Waals surface area contributed by atoms with Crippen LogP contribution in [0.5, 0.6) is 0 Å². The molecule has 5 heteroatoms. The van der Waals surface area contributed by atoms with E-state index in [1.54, 1.807) is 17.0 Å². The molecule has 1 aromatic rings. The molecule has 1 heterocycles. The Labute approximate surface area is 151 Å². The first-order valence-corrected chi connectivity index (χ1v) is 9.45. The Balaban J connectivity index is 1.90. The Hall–Kier alpha value is -1.88. The van der Waals surface area contributed by atoms with Crippen LogP contribution in [-0.4, -0.2) is 49.4 Å². The average molecular weight is 346 g/mol. The van der Waals surface area contributed by atoms with Gasteiger partial charge in [-0.25, -0.2) is 0 Å². The molecule has 1 unspecified atom stereocenters. The van der Waals surface area contributed by atoms with Gasteiger partial charge in [0.25, 0.3) is 11.8 Å². The van der Waals surface area contributed by atoms with E-state index in [4.69, 9.17) is 0 Å². The summed E-state index contributed by atoms with van der Waals surface area (Å²) in [5.41, 5.74) is 1.41. The van der Waals surface area contributed by atoms with E-state index >= 15 is 0 Å². The average Bonchev–Trinajstić information content (AvgIpc) is 2.55. The molecule has 138 valence electrons. The van der Waals surface area contributed by atoms with Crippen LogP contribution in [0, 0.1) is 11.8 Å². The maximum atomic E-state index is 12.3. The van der Waals surface area contributed by atoms with Crippen molar-refractivity contribution in [3.8, 4) is 0 Å². The molecule has 1 aliphatic rings. The summed E-state index contributed by atoms with van der Waals surface area (Å²) in [6.07, 6.45) is 1.26. The highest BCUT2D eigenvalue weighted by molar-refractivity contribution is 5.96. The number of rotatable bonds is 6. The first-order valence-electron chi connectivity index (χ1n) is 9.45. The van der Waals surface area contributed by atoms with Gasteiger partial charge in [-0.15, -0.1) is 0 Å². The number of likely N-dealkylation sites (tertiary alicyclic amines) is 1. The fourth-order valence-corrected chi connectivity index (χ4v) is 3.89. The minimum atomic E-state index is 0.0311. The van der Waals surface area contributed by atoms with Gasteiger partial charge in [0.15, 0.2) is 6.54 Å². The van der Waals surface area contributed by atoms with Crippen molar-refractivity contribution in [1.82, 2.24) is 4.90 Å². The second-order valence-corrected chi connectivity index (χ2v) is 7.38. The normalized spacial score (nSPS) is 23.1. The van der Waals surface area contributed by atoms with Gasteiger partial charge >= 0.3 is 0 Å². The molecule has 0 bridgehead atoms. The number of nitrogens with zero attached hydrogens (tertiary/aromatic N) is 1. The fourth-order valence-electron chi connectivity index (χ4n) is 3.89. The lowest BCUT2D eigenvalue weighted by Crippen LogP contribution is -3.15. The standard InChI is InChI=1S/C20H31N3O2/c1-5-23(6-2)20(25)17-7-9-18(10-8-17)21-19(24)14-22-12-15(3)11-16(4)13-22/h7-10,15-16H,5-6,11-14H2,1-4H3,(H,21,24)/p+1/t15-,16+. The van der Waals surface area contributed by atoms with Crippen LogP contribution < -0.4 is 10.2 Å². The lowest BCUT2D eigenvalue weighted by molar-refractivity contribution is -0.904. The maximum Gasteiger partial charge on any atom is 0.279 e. The third kappa shape index (κ3) is 5.56. The Morgan fingerprint density at radius 3 is 2.16 bits per heavy atom. The zero-order chi connectivity index (χ0) is 18.4. The molecule has 1 fully saturated rings. The van der Waals surface area contributed by atoms with Gasteiger partial charge in [-0.2, -0.15) is 0 Å². The lowest BCUT2D eigenvalue weighted by atomic mass is 9.92. The fraction of sp³-hybridized carbons (Fsp3) is 0.600. The smallest absolute Gasteiger partial charge is 0.279 e. The summed E-state index contributed by atoms with van der Waals surface area (Å²) >= 11 is 0. The second-order valence-electron chi connectivity index (χ2n) is 7.38. The van der Waals surface area contributed by atoms with Crippen molar-refractivity contribution < 1.29 is 14.5 Å². The molecule has 5 nitrogen and oxygen atoms in total. The van der Waals surface area contributed by atoms with Crippen LogP contribution in [0.15, 0.2) is 24.3 Å². The molecular formula is C20H32N3O2+. The van der Waals surface area contributed by atoms with E-state index in [0.717, 1.165) is 18.8 Å². The van der Waals surface area contributed by atoms with Crippen molar-refractivity contribution in [2.45, 2.75) is 34.1 Å². The minimum absolute atomic E-state index is 0.0311. The van der Waals surface area contributed by atoms with Gasteiger partial charge in [-0.05, 0) is 44.5 Å². The maximum absolute atomic E-state index is 12.3. The summed E-state index contributed by atoms with van der Waals surface area (Å²) in [5, 5.41) is 2.96. The van der Waals surface area contributed by atoms with Crippen LogP contribution in [0.3, 0.4) is 0 Å². The predicted octanol–water partition coefficient (Wildman–Crippen LogP) is 1.67. The van der Waals surface area contributed by atoms with Gasteiger partial charge in [-0.1, -0.05) is 13.8 Å². The molecule has 3 atom stereocenters. The van der Waals surface area contributed by atoms with Crippen LogP contribution in [0.4, 0.5) is 5.69 Å². The van der Waals surface area contributed by atoms with Gasteiger partial charge in [0.1, 0.15) is 0 Å². The third-order valence-corrected chi connectivity index (χ3v) is 4.96. The summed E-state index contributed by atoms with van der Waals surface area (Å²) in [6.45, 7) is 12.5. The van der Waals surface area contributed by atoms with Crippen molar-refractivity contribution in [2.75, 3.05) is 38.0 Å². The van der Waals surface area contributed by atoms with E-state index in [1.807, 2.05) is 26.0 Å². The number of nitrogens with one attached hydrogen (secondary N) is 2. The van der Waals surface area contributed by atoms with Gasteiger partial charge in [0, 0.05) is 36.2 Å². The van der Waals surface area contributed by atoms with Gasteiger partial charge < -0.3 is 15.1 Å². The van der Waals surface area contributed by atoms with Crippen molar-refractivity contribution in [3.63, 3.8) is 0 Å². The van der Waals surface area contributed by atoms with E-state index in [-0.39, 0.29) is 11.8 Å². The van der Waals surface area contributed by atoms with Crippen LogP contribution in [-0.2, 0) is 4.79 Å². The first kappa shape index (κ1) is 19.4. The third-order valence-electron chi connectivity index (χ3n) is 4.96. The molecular weight excluding hydrogens is 314 g/mol. The van der Waals surface area contributed by atoms with Crippen LogP contribution in [0.2, 0.25) is 0 Å². The number of hydrogen-bond donors (Lipinski definition) is 2. The SMILES string of the molecule is CCN(CC)C(=O)c1ccc(NC(=O)C[NH+]2C[C@H](C)C[C@H](C)C2)cc1. The zero-order valence-corrected chi connectivity index (χ0v) is 16.0.